The Balaban J connectivity index is 2.59. The van der Waals surface area contributed by atoms with Crippen LogP contribution in [-0.2, 0) is 4.74 Å². The second-order valence-electron chi connectivity index (χ2n) is 3.90. The summed E-state index contributed by atoms with van der Waals surface area (Å²) in [6.07, 6.45) is -0.496. The summed E-state index contributed by atoms with van der Waals surface area (Å²) in [6, 6.07) is 2.02. The standard InChI is InChI=1S/C12H14BrF2NO3/c1-19-6-8(17)2-3-16-12(18)11-9(14)4-7(13)5-10(11)15/h4-5,8,17H,2-3,6H2,1H3,(H,16,18). The van der Waals surface area contributed by atoms with Crippen molar-refractivity contribution in [2.24, 2.45) is 0 Å². The van der Waals surface area contributed by atoms with Gasteiger partial charge < -0.3 is 15.2 Å². The molecule has 1 amide bonds. The third-order valence-electron chi connectivity index (χ3n) is 2.36. The van der Waals surface area contributed by atoms with Crippen LogP contribution in [0.5, 0.6) is 0 Å². The van der Waals surface area contributed by atoms with E-state index in [1.165, 1.54) is 7.11 Å². The van der Waals surface area contributed by atoms with Crippen LogP contribution in [0.15, 0.2) is 16.6 Å². The predicted molar refractivity (Wildman–Crippen MR) is 68.9 cm³/mol. The number of halogens is 3. The third kappa shape index (κ3) is 4.85. The number of methoxy groups -OCH3 is 1. The van der Waals surface area contributed by atoms with Crippen molar-refractivity contribution in [1.29, 1.82) is 0 Å². The van der Waals surface area contributed by atoms with E-state index in [-0.39, 0.29) is 24.0 Å². The average molecular weight is 338 g/mol. The Morgan fingerprint density at radius 1 is 1.47 bits per heavy atom. The second-order valence-corrected chi connectivity index (χ2v) is 4.81. The molecule has 0 aliphatic heterocycles. The quantitative estimate of drug-likeness (QED) is 0.832. The summed E-state index contributed by atoms with van der Waals surface area (Å²) < 4.78 is 31.9. The zero-order valence-corrected chi connectivity index (χ0v) is 11.8. The minimum atomic E-state index is -0.943. The van der Waals surface area contributed by atoms with Crippen LogP contribution in [0, 0.1) is 11.6 Å². The predicted octanol–water partition coefficient (Wildman–Crippen LogP) is 1.85. The molecule has 0 spiro atoms. The maximum absolute atomic E-state index is 13.5. The summed E-state index contributed by atoms with van der Waals surface area (Å²) in [5, 5.41) is 11.7. The van der Waals surface area contributed by atoms with Gasteiger partial charge in [0, 0.05) is 18.1 Å². The lowest BCUT2D eigenvalue weighted by atomic mass is 10.2. The van der Waals surface area contributed by atoms with Crippen LogP contribution in [0.1, 0.15) is 16.8 Å². The fraction of sp³-hybridized carbons (Fsp3) is 0.417. The molecule has 0 fully saturated rings. The van der Waals surface area contributed by atoms with Crippen LogP contribution in [0.25, 0.3) is 0 Å². The number of aliphatic hydroxyl groups is 1. The first-order valence-electron chi connectivity index (χ1n) is 5.55. The van der Waals surface area contributed by atoms with Gasteiger partial charge in [-0.15, -0.1) is 0 Å². The molecule has 0 bridgehead atoms. The number of rotatable bonds is 6. The zero-order valence-electron chi connectivity index (χ0n) is 10.3. The van der Waals surface area contributed by atoms with E-state index in [2.05, 4.69) is 21.2 Å². The number of ether oxygens (including phenoxy) is 1. The molecular formula is C12H14BrF2NO3. The number of benzene rings is 1. The van der Waals surface area contributed by atoms with Crippen molar-refractivity contribution in [1.82, 2.24) is 5.32 Å². The fourth-order valence-corrected chi connectivity index (χ4v) is 1.88. The summed E-state index contributed by atoms with van der Waals surface area (Å²) in [7, 11) is 1.44. The maximum atomic E-state index is 13.5. The first-order chi connectivity index (χ1) is 8.95. The van der Waals surface area contributed by atoms with Crippen molar-refractivity contribution < 1.29 is 23.4 Å². The van der Waals surface area contributed by atoms with Gasteiger partial charge in [-0.05, 0) is 18.6 Å². The lowest BCUT2D eigenvalue weighted by Crippen LogP contribution is -2.29. The Labute approximate surface area is 117 Å². The van der Waals surface area contributed by atoms with Crippen LogP contribution in [0.3, 0.4) is 0 Å². The molecule has 1 unspecified atom stereocenters. The van der Waals surface area contributed by atoms with Crippen molar-refractivity contribution in [3.63, 3.8) is 0 Å². The molecule has 1 aromatic rings. The van der Waals surface area contributed by atoms with E-state index in [4.69, 9.17) is 4.74 Å². The molecule has 1 rings (SSSR count). The minimum Gasteiger partial charge on any atom is -0.391 e. The van der Waals surface area contributed by atoms with Crippen molar-refractivity contribution >= 4 is 21.8 Å². The summed E-state index contributed by atoms with van der Waals surface area (Å²) >= 11 is 2.93. The van der Waals surface area contributed by atoms with Crippen LogP contribution in [-0.4, -0.2) is 37.4 Å². The van der Waals surface area contributed by atoms with E-state index in [1.54, 1.807) is 0 Å². The van der Waals surface area contributed by atoms with Crippen molar-refractivity contribution in [3.05, 3.63) is 33.8 Å². The molecule has 0 radical (unpaired) electrons. The molecule has 0 saturated heterocycles. The number of nitrogens with one attached hydrogen (secondary N) is 1. The molecule has 2 N–H and O–H groups in total. The highest BCUT2D eigenvalue weighted by Gasteiger charge is 2.18. The Morgan fingerprint density at radius 2 is 2.05 bits per heavy atom. The van der Waals surface area contributed by atoms with Gasteiger partial charge in [0.25, 0.3) is 5.91 Å². The molecule has 0 saturated carbocycles. The molecule has 4 nitrogen and oxygen atoms in total. The third-order valence-corrected chi connectivity index (χ3v) is 2.81. The molecule has 106 valence electrons. The highest BCUT2D eigenvalue weighted by molar-refractivity contribution is 9.10. The smallest absolute Gasteiger partial charge is 0.257 e. The topological polar surface area (TPSA) is 58.6 Å². The van der Waals surface area contributed by atoms with Gasteiger partial charge >= 0.3 is 0 Å². The molecule has 0 aliphatic carbocycles. The van der Waals surface area contributed by atoms with Crippen LogP contribution < -0.4 is 5.32 Å². The van der Waals surface area contributed by atoms with E-state index in [9.17, 15) is 18.7 Å². The van der Waals surface area contributed by atoms with Crippen LogP contribution in [0.4, 0.5) is 8.78 Å². The second kappa shape index (κ2) is 7.52. The molecule has 7 heteroatoms. The van der Waals surface area contributed by atoms with Crippen molar-refractivity contribution in [3.8, 4) is 0 Å². The fourth-order valence-electron chi connectivity index (χ4n) is 1.48. The SMILES string of the molecule is COCC(O)CCNC(=O)c1c(F)cc(Br)cc1F. The summed E-state index contributed by atoms with van der Waals surface area (Å²) in [6.45, 7) is 0.231. The molecular weight excluding hydrogens is 324 g/mol. The van der Waals surface area contributed by atoms with Crippen molar-refractivity contribution in [2.45, 2.75) is 12.5 Å². The molecule has 19 heavy (non-hydrogen) atoms. The number of carbonyl (C=O) groups is 1. The van der Waals surface area contributed by atoms with Gasteiger partial charge in [0.15, 0.2) is 0 Å². The minimum absolute atomic E-state index is 0.0955. The normalized spacial score (nSPS) is 12.3. The first kappa shape index (κ1) is 16.0. The van der Waals surface area contributed by atoms with Gasteiger partial charge in [-0.2, -0.15) is 0 Å². The van der Waals surface area contributed by atoms with E-state index >= 15 is 0 Å². The molecule has 0 heterocycles. The number of hydrogen-bond donors (Lipinski definition) is 2. The van der Waals surface area contributed by atoms with E-state index < -0.39 is 29.2 Å². The number of carbonyl (C=O) groups excluding carboxylic acids is 1. The first-order valence-corrected chi connectivity index (χ1v) is 6.34. The van der Waals surface area contributed by atoms with Gasteiger partial charge in [0.05, 0.1) is 12.7 Å². The average Bonchev–Trinajstić information content (AvgIpc) is 2.27. The van der Waals surface area contributed by atoms with Gasteiger partial charge in [0.2, 0.25) is 0 Å². The Morgan fingerprint density at radius 3 is 2.58 bits per heavy atom. The summed E-state index contributed by atoms with van der Waals surface area (Å²) in [5.41, 5.74) is -0.635. The van der Waals surface area contributed by atoms with Gasteiger partial charge in [-0.25, -0.2) is 8.78 Å². The summed E-state index contributed by atoms with van der Waals surface area (Å²) in [5.74, 6) is -2.74. The van der Waals surface area contributed by atoms with E-state index in [0.717, 1.165) is 12.1 Å². The van der Waals surface area contributed by atoms with Crippen LogP contribution >= 0.6 is 15.9 Å². The number of aliphatic hydroxyl groups excluding tert-OH is 1. The largest absolute Gasteiger partial charge is 0.391 e. The van der Waals surface area contributed by atoms with Crippen molar-refractivity contribution in [2.75, 3.05) is 20.3 Å². The number of amides is 1. The Kier molecular flexibility index (Phi) is 6.33. The van der Waals surface area contributed by atoms with Crippen LogP contribution in [0.2, 0.25) is 0 Å². The van der Waals surface area contributed by atoms with E-state index in [1.807, 2.05) is 0 Å². The Hall–Kier alpha value is -1.05. The van der Waals surface area contributed by atoms with Gasteiger partial charge in [-0.1, -0.05) is 15.9 Å². The molecule has 1 atom stereocenters. The molecule has 1 aromatic carbocycles. The highest BCUT2D eigenvalue weighted by atomic mass is 79.9. The lowest BCUT2D eigenvalue weighted by Gasteiger charge is -2.11. The molecule has 0 aliphatic rings. The van der Waals surface area contributed by atoms with Gasteiger partial charge in [-0.3, -0.25) is 4.79 Å². The van der Waals surface area contributed by atoms with Gasteiger partial charge in [0.1, 0.15) is 17.2 Å². The number of hydrogen-bond acceptors (Lipinski definition) is 3. The zero-order chi connectivity index (χ0) is 14.4. The Bertz CT molecular complexity index is 434. The summed E-state index contributed by atoms with van der Waals surface area (Å²) in [4.78, 5) is 11.6. The molecule has 0 aromatic heterocycles. The van der Waals surface area contributed by atoms with E-state index in [0.29, 0.717) is 0 Å². The highest BCUT2D eigenvalue weighted by Crippen LogP contribution is 2.19. The maximum Gasteiger partial charge on any atom is 0.257 e. The lowest BCUT2D eigenvalue weighted by molar-refractivity contribution is 0.0587. The monoisotopic (exact) mass is 337 g/mol.